The molecule has 0 aliphatic heterocycles. The Morgan fingerprint density at radius 3 is 2.52 bits per heavy atom. The fourth-order valence-corrected chi connectivity index (χ4v) is 4.16. The first-order valence-corrected chi connectivity index (χ1v) is 10.3. The molecule has 4 nitrogen and oxygen atoms in total. The van der Waals surface area contributed by atoms with Crippen LogP contribution in [0.3, 0.4) is 0 Å². The molecular formula is C24H24ClNO3. The Kier molecular flexibility index (Phi) is 5.46. The van der Waals surface area contributed by atoms with Crippen LogP contribution >= 0.6 is 11.6 Å². The topological polar surface area (TPSA) is 48.3 Å². The van der Waals surface area contributed by atoms with Crippen LogP contribution in [0.15, 0.2) is 48.5 Å². The Morgan fingerprint density at radius 1 is 1.14 bits per heavy atom. The average molecular weight is 410 g/mol. The van der Waals surface area contributed by atoms with Gasteiger partial charge in [0.05, 0.1) is 18.4 Å². The molecule has 1 aromatic heterocycles. The molecule has 0 amide bonds. The normalized spacial score (nSPS) is 14.7. The summed E-state index contributed by atoms with van der Waals surface area (Å²) < 4.78 is 6.73. The van der Waals surface area contributed by atoms with Gasteiger partial charge in [0.15, 0.2) is 5.78 Å². The molecule has 1 unspecified atom stereocenters. The van der Waals surface area contributed by atoms with E-state index in [-0.39, 0.29) is 17.7 Å². The van der Waals surface area contributed by atoms with Crippen molar-refractivity contribution >= 4 is 34.3 Å². The number of hydrogen-bond acceptors (Lipinski definition) is 3. The van der Waals surface area contributed by atoms with Crippen molar-refractivity contribution in [2.24, 2.45) is 18.9 Å². The summed E-state index contributed by atoms with van der Waals surface area (Å²) in [6.07, 6.45) is 3.98. The molecule has 0 bridgehead atoms. The number of ether oxygens (including phenoxy) is 1. The van der Waals surface area contributed by atoms with Gasteiger partial charge in [-0.15, -0.1) is 0 Å². The van der Waals surface area contributed by atoms with Crippen LogP contribution in [-0.4, -0.2) is 23.4 Å². The van der Waals surface area contributed by atoms with Crippen LogP contribution < -0.4 is 0 Å². The van der Waals surface area contributed by atoms with Gasteiger partial charge in [0, 0.05) is 28.9 Å². The minimum Gasteiger partial charge on any atom is -0.465 e. The first-order chi connectivity index (χ1) is 14.0. The van der Waals surface area contributed by atoms with Crippen molar-refractivity contribution in [3.8, 4) is 0 Å². The molecule has 150 valence electrons. The molecule has 0 N–H and O–H groups in total. The van der Waals surface area contributed by atoms with E-state index in [9.17, 15) is 9.59 Å². The molecule has 3 aromatic rings. The zero-order valence-electron chi connectivity index (χ0n) is 16.7. The minimum absolute atomic E-state index is 0.0787. The van der Waals surface area contributed by atoms with Gasteiger partial charge in [0.1, 0.15) is 0 Å². The quantitative estimate of drug-likeness (QED) is 0.384. The molecule has 2 aromatic carbocycles. The number of nitrogens with zero attached hydrogens (tertiary/aromatic N) is 1. The molecule has 1 aliphatic carbocycles. The van der Waals surface area contributed by atoms with Crippen molar-refractivity contribution in [2.45, 2.75) is 25.7 Å². The molecule has 29 heavy (non-hydrogen) atoms. The van der Waals surface area contributed by atoms with E-state index in [0.717, 1.165) is 28.6 Å². The summed E-state index contributed by atoms with van der Waals surface area (Å²) in [6, 6.07) is 15.0. The van der Waals surface area contributed by atoms with Crippen LogP contribution in [0, 0.1) is 11.8 Å². The molecule has 1 fully saturated rings. The van der Waals surface area contributed by atoms with Crippen molar-refractivity contribution in [3.05, 3.63) is 70.4 Å². The summed E-state index contributed by atoms with van der Waals surface area (Å²) >= 11 is 6.13. The van der Waals surface area contributed by atoms with Crippen molar-refractivity contribution in [1.29, 1.82) is 0 Å². The van der Waals surface area contributed by atoms with E-state index in [0.29, 0.717) is 22.9 Å². The first-order valence-electron chi connectivity index (χ1n) is 9.92. The number of benzene rings is 2. The molecule has 0 saturated heterocycles. The highest BCUT2D eigenvalue weighted by Crippen LogP contribution is 2.38. The lowest BCUT2D eigenvalue weighted by atomic mass is 9.88. The number of aromatic nitrogens is 1. The highest BCUT2D eigenvalue weighted by Gasteiger charge is 2.31. The van der Waals surface area contributed by atoms with Crippen LogP contribution in [0.4, 0.5) is 0 Å². The lowest BCUT2D eigenvalue weighted by Gasteiger charge is -2.16. The molecule has 1 aliphatic rings. The largest absolute Gasteiger partial charge is 0.465 e. The van der Waals surface area contributed by atoms with Crippen LogP contribution in [0.5, 0.6) is 0 Å². The highest BCUT2D eigenvalue weighted by molar-refractivity contribution is 6.31. The molecule has 0 radical (unpaired) electrons. The molecule has 1 heterocycles. The van der Waals surface area contributed by atoms with E-state index < -0.39 is 0 Å². The monoisotopic (exact) mass is 409 g/mol. The SMILES string of the molecule is COC(=O)c1ccc(CC(CC2CC2)C(=O)c2cc3cc(Cl)ccc3n2C)cc1. The van der Waals surface area contributed by atoms with Crippen molar-refractivity contribution in [2.75, 3.05) is 7.11 Å². The first kappa shape index (κ1) is 19.7. The second kappa shape index (κ2) is 8.03. The van der Waals surface area contributed by atoms with Gasteiger partial charge in [0.2, 0.25) is 0 Å². The Hall–Kier alpha value is -2.59. The molecule has 1 atom stereocenters. The smallest absolute Gasteiger partial charge is 0.337 e. The third-order valence-corrected chi connectivity index (χ3v) is 6.03. The van der Waals surface area contributed by atoms with Crippen LogP contribution in [-0.2, 0) is 18.2 Å². The maximum Gasteiger partial charge on any atom is 0.337 e. The van der Waals surface area contributed by atoms with Gasteiger partial charge < -0.3 is 9.30 Å². The standard InChI is InChI=1S/C24H24ClNO3/c1-26-21-10-9-20(25)13-18(21)14-22(26)23(27)19(11-15-3-4-15)12-16-5-7-17(8-6-16)24(28)29-2/h5-10,13-15,19H,3-4,11-12H2,1-2H3. The number of halogens is 1. The molecule has 4 rings (SSSR count). The summed E-state index contributed by atoms with van der Waals surface area (Å²) in [5.41, 5.74) is 3.30. The Balaban J connectivity index is 1.60. The van der Waals surface area contributed by atoms with Gasteiger partial charge in [0.25, 0.3) is 0 Å². The zero-order chi connectivity index (χ0) is 20.5. The Morgan fingerprint density at radius 2 is 1.86 bits per heavy atom. The maximum absolute atomic E-state index is 13.5. The van der Waals surface area contributed by atoms with E-state index in [1.54, 1.807) is 12.1 Å². The van der Waals surface area contributed by atoms with Gasteiger partial charge >= 0.3 is 5.97 Å². The zero-order valence-corrected chi connectivity index (χ0v) is 17.4. The summed E-state index contributed by atoms with van der Waals surface area (Å²) in [4.78, 5) is 25.1. The van der Waals surface area contributed by atoms with E-state index in [2.05, 4.69) is 0 Å². The number of fused-ring (bicyclic) bond motifs is 1. The number of carbonyl (C=O) groups excluding carboxylic acids is 2. The predicted molar refractivity (Wildman–Crippen MR) is 115 cm³/mol. The fourth-order valence-electron chi connectivity index (χ4n) is 3.98. The Bertz CT molecular complexity index is 1060. The summed E-state index contributed by atoms with van der Waals surface area (Å²) in [6.45, 7) is 0. The molecule has 5 heteroatoms. The van der Waals surface area contributed by atoms with Crippen LogP contribution in [0.1, 0.15) is 45.7 Å². The summed E-state index contributed by atoms with van der Waals surface area (Å²) in [7, 11) is 3.31. The molecule has 1 saturated carbocycles. The number of rotatable bonds is 7. The van der Waals surface area contributed by atoms with Crippen molar-refractivity contribution in [1.82, 2.24) is 4.57 Å². The number of ketones is 1. The number of hydrogen-bond donors (Lipinski definition) is 0. The fraction of sp³-hybridized carbons (Fsp3) is 0.333. The summed E-state index contributed by atoms with van der Waals surface area (Å²) in [5, 5.41) is 1.65. The Labute approximate surface area is 175 Å². The lowest BCUT2D eigenvalue weighted by Crippen LogP contribution is -2.20. The lowest BCUT2D eigenvalue weighted by molar-refractivity contribution is 0.0600. The van der Waals surface area contributed by atoms with Gasteiger partial charge in [-0.2, -0.15) is 0 Å². The van der Waals surface area contributed by atoms with E-state index in [4.69, 9.17) is 16.3 Å². The van der Waals surface area contributed by atoms with Crippen LogP contribution in [0.2, 0.25) is 5.02 Å². The number of esters is 1. The van der Waals surface area contributed by atoms with E-state index in [1.165, 1.54) is 20.0 Å². The van der Waals surface area contributed by atoms with Crippen molar-refractivity contribution in [3.63, 3.8) is 0 Å². The van der Waals surface area contributed by atoms with Crippen LogP contribution in [0.25, 0.3) is 10.9 Å². The third kappa shape index (κ3) is 4.23. The van der Waals surface area contributed by atoms with E-state index >= 15 is 0 Å². The highest BCUT2D eigenvalue weighted by atomic mass is 35.5. The second-order valence-electron chi connectivity index (χ2n) is 7.92. The number of carbonyl (C=O) groups is 2. The minimum atomic E-state index is -0.351. The maximum atomic E-state index is 13.5. The van der Waals surface area contributed by atoms with Crippen molar-refractivity contribution < 1.29 is 14.3 Å². The van der Waals surface area contributed by atoms with Gasteiger partial charge in [-0.3, -0.25) is 4.79 Å². The second-order valence-corrected chi connectivity index (χ2v) is 8.36. The number of Topliss-reactive ketones (excluding diaryl/α,β-unsaturated/α-hetero) is 1. The number of aryl methyl sites for hydroxylation is 1. The number of methoxy groups -OCH3 is 1. The van der Waals surface area contributed by atoms with Gasteiger partial charge in [-0.05, 0) is 60.7 Å². The average Bonchev–Trinajstić information content (AvgIpc) is 3.49. The molecular weight excluding hydrogens is 386 g/mol. The molecule has 0 spiro atoms. The van der Waals surface area contributed by atoms with Gasteiger partial charge in [-0.1, -0.05) is 36.6 Å². The third-order valence-electron chi connectivity index (χ3n) is 5.80. The van der Waals surface area contributed by atoms with Gasteiger partial charge in [-0.25, -0.2) is 4.79 Å². The summed E-state index contributed by atoms with van der Waals surface area (Å²) in [5.74, 6) is 0.382. The predicted octanol–water partition coefficient (Wildman–Crippen LogP) is 5.46. The van der Waals surface area contributed by atoms with E-state index in [1.807, 2.05) is 48.0 Å².